The molecule has 1 N–H and O–H groups in total. The molecular weight excluding hydrogens is 316 g/mol. The average Bonchev–Trinajstić information content (AvgIpc) is 3.01. The summed E-state index contributed by atoms with van der Waals surface area (Å²) in [4.78, 5) is 20.1. The summed E-state index contributed by atoms with van der Waals surface area (Å²) < 4.78 is 1.14. The van der Waals surface area contributed by atoms with Crippen LogP contribution in [0, 0.1) is 0 Å². The lowest BCUT2D eigenvalue weighted by atomic mass is 10.0. The third-order valence-corrected chi connectivity index (χ3v) is 5.25. The highest BCUT2D eigenvalue weighted by atomic mass is 32.1. The van der Waals surface area contributed by atoms with Gasteiger partial charge in [0.2, 0.25) is 0 Å². The monoisotopic (exact) mass is 328 g/mol. The number of hydrogen-bond acceptors (Lipinski definition) is 3. The highest BCUT2D eigenvalue weighted by molar-refractivity contribution is 7.19. The number of H-pyrrole nitrogens is 1. The van der Waals surface area contributed by atoms with Crippen molar-refractivity contribution in [1.29, 1.82) is 0 Å². The number of rotatable bonds is 1. The number of aromatic amines is 1. The van der Waals surface area contributed by atoms with Crippen molar-refractivity contribution in [2.24, 2.45) is 0 Å². The Kier molecular flexibility index (Phi) is 2.81. The van der Waals surface area contributed by atoms with E-state index in [9.17, 15) is 4.79 Å². The normalized spacial score (nSPS) is 12.6. The second-order valence-corrected chi connectivity index (χ2v) is 6.80. The van der Waals surface area contributed by atoms with Gasteiger partial charge in [-0.2, -0.15) is 0 Å². The van der Waals surface area contributed by atoms with E-state index in [1.165, 1.54) is 0 Å². The molecule has 0 aliphatic carbocycles. The molecule has 114 valence electrons. The summed E-state index contributed by atoms with van der Waals surface area (Å²) in [5.41, 5.74) is 0.918. The number of hydrogen-bond donors (Lipinski definition) is 1. The van der Waals surface area contributed by atoms with E-state index in [0.717, 1.165) is 42.1 Å². The lowest BCUT2D eigenvalue weighted by Crippen LogP contribution is -2.20. The fourth-order valence-corrected chi connectivity index (χ4v) is 4.11. The summed E-state index contributed by atoms with van der Waals surface area (Å²) in [7, 11) is 0. The lowest BCUT2D eigenvalue weighted by molar-refractivity contribution is 1.23. The predicted molar refractivity (Wildman–Crippen MR) is 100 cm³/mol. The molecule has 0 fully saturated rings. The molecule has 2 heterocycles. The van der Waals surface area contributed by atoms with Crippen LogP contribution in [0.5, 0.6) is 0 Å². The van der Waals surface area contributed by atoms with Crippen LogP contribution in [0.25, 0.3) is 37.8 Å². The van der Waals surface area contributed by atoms with Crippen LogP contribution in [0.2, 0.25) is 0 Å². The SMILES string of the molecule is O=c1[nH]c(=Cc2nc3ccccc3s2)c2cccc3cccc1c32. The molecule has 0 saturated heterocycles. The second kappa shape index (κ2) is 5.01. The van der Waals surface area contributed by atoms with Crippen LogP contribution in [0.15, 0.2) is 65.5 Å². The van der Waals surface area contributed by atoms with E-state index in [4.69, 9.17) is 0 Å². The van der Waals surface area contributed by atoms with Gasteiger partial charge in [-0.1, -0.05) is 42.5 Å². The predicted octanol–water partition coefficient (Wildman–Crippen LogP) is 3.84. The first kappa shape index (κ1) is 13.5. The van der Waals surface area contributed by atoms with Gasteiger partial charge in [0.15, 0.2) is 0 Å². The zero-order chi connectivity index (χ0) is 16.1. The molecule has 0 bridgehead atoms. The topological polar surface area (TPSA) is 45.8 Å². The van der Waals surface area contributed by atoms with Crippen molar-refractivity contribution in [3.8, 4) is 0 Å². The maximum absolute atomic E-state index is 12.5. The largest absolute Gasteiger partial charge is 0.321 e. The Bertz CT molecular complexity index is 1290. The second-order valence-electron chi connectivity index (χ2n) is 5.74. The van der Waals surface area contributed by atoms with E-state index in [-0.39, 0.29) is 5.56 Å². The van der Waals surface area contributed by atoms with Crippen LogP contribution in [-0.2, 0) is 0 Å². The Balaban J connectivity index is 1.89. The molecule has 0 saturated carbocycles. The number of thiazole rings is 1. The van der Waals surface area contributed by atoms with Crippen LogP contribution in [0.1, 0.15) is 5.01 Å². The van der Waals surface area contributed by atoms with Crippen molar-refractivity contribution in [2.45, 2.75) is 0 Å². The van der Waals surface area contributed by atoms with Crippen molar-refractivity contribution >= 4 is 49.2 Å². The van der Waals surface area contributed by atoms with Gasteiger partial charge >= 0.3 is 0 Å². The third-order valence-electron chi connectivity index (χ3n) is 4.27. The Morgan fingerprint density at radius 2 is 1.71 bits per heavy atom. The number of aromatic nitrogens is 2. The first-order chi connectivity index (χ1) is 11.8. The minimum atomic E-state index is -0.0633. The Morgan fingerprint density at radius 3 is 2.54 bits per heavy atom. The van der Waals surface area contributed by atoms with Gasteiger partial charge in [0.05, 0.1) is 15.6 Å². The van der Waals surface area contributed by atoms with Crippen molar-refractivity contribution in [2.75, 3.05) is 0 Å². The molecule has 0 aliphatic rings. The average molecular weight is 328 g/mol. The van der Waals surface area contributed by atoms with Gasteiger partial charge in [0.25, 0.3) is 5.56 Å². The van der Waals surface area contributed by atoms with Crippen LogP contribution >= 0.6 is 11.3 Å². The fourth-order valence-electron chi connectivity index (χ4n) is 3.20. The molecule has 2 aromatic heterocycles. The van der Waals surface area contributed by atoms with Gasteiger partial charge in [-0.25, -0.2) is 4.98 Å². The van der Waals surface area contributed by atoms with Crippen LogP contribution in [0.3, 0.4) is 0 Å². The first-order valence-corrected chi connectivity index (χ1v) is 8.52. The molecule has 0 spiro atoms. The summed E-state index contributed by atoms with van der Waals surface area (Å²) in [6.07, 6.45) is 1.97. The number of benzene rings is 3. The Morgan fingerprint density at radius 1 is 0.917 bits per heavy atom. The van der Waals surface area contributed by atoms with E-state index >= 15 is 0 Å². The summed E-state index contributed by atoms with van der Waals surface area (Å²) in [6.45, 7) is 0. The molecular formula is C20H12N2OS. The van der Waals surface area contributed by atoms with Gasteiger partial charge in [-0.3, -0.25) is 4.79 Å². The maximum atomic E-state index is 12.5. The summed E-state index contributed by atoms with van der Waals surface area (Å²) in [5, 5.41) is 5.56. The number of nitrogens with one attached hydrogen (secondary N) is 1. The Hall–Kier alpha value is -2.98. The van der Waals surface area contributed by atoms with Gasteiger partial charge < -0.3 is 4.98 Å². The Labute approximate surface area is 140 Å². The fraction of sp³-hybridized carbons (Fsp3) is 0. The van der Waals surface area contributed by atoms with Crippen molar-refractivity contribution < 1.29 is 0 Å². The molecule has 0 amide bonds. The van der Waals surface area contributed by atoms with Gasteiger partial charge in [-0.15, -0.1) is 11.3 Å². The van der Waals surface area contributed by atoms with E-state index in [1.807, 2.05) is 60.7 Å². The smallest absolute Gasteiger partial charge is 0.256 e. The van der Waals surface area contributed by atoms with Gasteiger partial charge in [-0.05, 0) is 29.7 Å². The molecule has 4 heteroatoms. The van der Waals surface area contributed by atoms with E-state index in [0.29, 0.717) is 0 Å². The third kappa shape index (κ3) is 1.97. The summed E-state index contributed by atoms with van der Waals surface area (Å²) in [5.74, 6) is 0. The van der Waals surface area contributed by atoms with E-state index < -0.39 is 0 Å². The first-order valence-electron chi connectivity index (χ1n) is 7.70. The van der Waals surface area contributed by atoms with Crippen LogP contribution < -0.4 is 10.9 Å². The molecule has 5 rings (SSSR count). The minimum absolute atomic E-state index is 0.0633. The molecule has 3 aromatic carbocycles. The highest BCUT2D eigenvalue weighted by Crippen LogP contribution is 2.23. The van der Waals surface area contributed by atoms with Crippen molar-refractivity contribution in [3.05, 3.63) is 81.4 Å². The van der Waals surface area contributed by atoms with Crippen molar-refractivity contribution in [1.82, 2.24) is 9.97 Å². The molecule has 0 radical (unpaired) electrons. The zero-order valence-corrected chi connectivity index (χ0v) is 13.4. The number of fused-ring (bicyclic) bond motifs is 1. The standard InChI is InChI=1S/C20H12N2OS/c23-20-14-8-4-6-12-5-3-7-13(19(12)14)16(22-20)11-18-21-15-9-1-2-10-17(15)24-18/h1-11H,(H,22,23). The lowest BCUT2D eigenvalue weighted by Gasteiger charge is -2.05. The number of nitrogens with zero attached hydrogens (tertiary/aromatic N) is 1. The molecule has 24 heavy (non-hydrogen) atoms. The molecule has 3 nitrogen and oxygen atoms in total. The van der Waals surface area contributed by atoms with Crippen LogP contribution in [-0.4, -0.2) is 9.97 Å². The molecule has 0 unspecified atom stereocenters. The molecule has 5 aromatic rings. The molecule has 0 atom stereocenters. The highest BCUT2D eigenvalue weighted by Gasteiger charge is 2.07. The van der Waals surface area contributed by atoms with Crippen molar-refractivity contribution in [3.63, 3.8) is 0 Å². The van der Waals surface area contributed by atoms with E-state index in [2.05, 4.69) is 16.0 Å². The van der Waals surface area contributed by atoms with Gasteiger partial charge in [0.1, 0.15) is 5.01 Å². The number of para-hydroxylation sites is 1. The summed E-state index contributed by atoms with van der Waals surface area (Å²) >= 11 is 1.62. The van der Waals surface area contributed by atoms with E-state index in [1.54, 1.807) is 11.3 Å². The zero-order valence-electron chi connectivity index (χ0n) is 12.6. The summed E-state index contributed by atoms with van der Waals surface area (Å²) in [6, 6.07) is 20.0. The maximum Gasteiger partial charge on any atom is 0.256 e. The van der Waals surface area contributed by atoms with Crippen LogP contribution in [0.4, 0.5) is 0 Å². The quantitative estimate of drug-likeness (QED) is 0.508. The number of pyridine rings is 1. The molecule has 0 aliphatic heterocycles. The van der Waals surface area contributed by atoms with Gasteiger partial charge in [0, 0.05) is 16.2 Å². The minimum Gasteiger partial charge on any atom is -0.321 e.